The number of thiocarbonyl (C=S) groups is 1. The molecule has 4 nitrogen and oxygen atoms in total. The largest absolute Gasteiger partial charge is 0.365 e. The molecule has 1 aromatic heterocycles. The molecule has 3 heterocycles. The summed E-state index contributed by atoms with van der Waals surface area (Å²) >= 11 is 5.57. The van der Waals surface area contributed by atoms with E-state index in [0.29, 0.717) is 12.0 Å². The van der Waals surface area contributed by atoms with Crippen LogP contribution in [0.25, 0.3) is 0 Å². The molecule has 1 aromatic rings. The van der Waals surface area contributed by atoms with Gasteiger partial charge in [-0.15, -0.1) is 0 Å². The summed E-state index contributed by atoms with van der Waals surface area (Å²) in [6.45, 7) is 2.19. The van der Waals surface area contributed by atoms with Crippen molar-refractivity contribution in [2.24, 2.45) is 10.9 Å². The van der Waals surface area contributed by atoms with Crippen molar-refractivity contribution in [2.45, 2.75) is 31.8 Å². The molecule has 2 atom stereocenters. The number of pyridine rings is 1. The van der Waals surface area contributed by atoms with Crippen LogP contribution < -0.4 is 10.2 Å². The molecule has 0 saturated heterocycles. The van der Waals surface area contributed by atoms with E-state index in [-0.39, 0.29) is 6.04 Å². The second-order valence-electron chi connectivity index (χ2n) is 5.61. The molecule has 2 unspecified atom stereocenters. The standard InChI is InChI=1S/C15H16N4S/c1-9-6-8-17-14-12(9)18-15(20)11-3-2-7-16-13(11)19(14)10-4-5-10/h2-3,6-10,12H,4-5H2,1H3,(H,18,20). The predicted molar refractivity (Wildman–Crippen MR) is 84.1 cm³/mol. The Bertz CT molecular complexity index is 633. The van der Waals surface area contributed by atoms with Gasteiger partial charge in [0.2, 0.25) is 0 Å². The van der Waals surface area contributed by atoms with Crippen molar-refractivity contribution in [1.82, 2.24) is 10.3 Å². The van der Waals surface area contributed by atoms with Crippen molar-refractivity contribution in [1.29, 1.82) is 0 Å². The van der Waals surface area contributed by atoms with Crippen molar-refractivity contribution in [3.05, 3.63) is 36.2 Å². The fourth-order valence-corrected chi connectivity index (χ4v) is 3.16. The number of amidine groups is 1. The van der Waals surface area contributed by atoms with Gasteiger partial charge < -0.3 is 10.2 Å². The van der Waals surface area contributed by atoms with Gasteiger partial charge in [-0.1, -0.05) is 25.2 Å². The molecule has 20 heavy (non-hydrogen) atoms. The van der Waals surface area contributed by atoms with Crippen molar-refractivity contribution >= 4 is 28.9 Å². The first-order valence-electron chi connectivity index (χ1n) is 7.05. The molecule has 3 aliphatic rings. The molecular formula is C15H16N4S. The number of hydrogen-bond donors (Lipinski definition) is 1. The lowest BCUT2D eigenvalue weighted by Gasteiger charge is -2.32. The van der Waals surface area contributed by atoms with Crippen LogP contribution in [0.15, 0.2) is 35.6 Å². The van der Waals surface area contributed by atoms with Crippen LogP contribution in [0, 0.1) is 5.92 Å². The van der Waals surface area contributed by atoms with Crippen molar-refractivity contribution in [3.63, 3.8) is 0 Å². The van der Waals surface area contributed by atoms with Crippen LogP contribution in [0.3, 0.4) is 0 Å². The third kappa shape index (κ3) is 1.77. The fraction of sp³-hybridized carbons (Fsp3) is 0.400. The van der Waals surface area contributed by atoms with Gasteiger partial charge in [0, 0.05) is 24.4 Å². The Morgan fingerprint density at radius 2 is 2.25 bits per heavy atom. The lowest BCUT2D eigenvalue weighted by atomic mass is 9.98. The van der Waals surface area contributed by atoms with Crippen LogP contribution in [-0.4, -0.2) is 27.9 Å². The molecular weight excluding hydrogens is 268 g/mol. The zero-order valence-electron chi connectivity index (χ0n) is 11.3. The zero-order valence-corrected chi connectivity index (χ0v) is 12.1. The van der Waals surface area contributed by atoms with Crippen molar-refractivity contribution < 1.29 is 0 Å². The smallest absolute Gasteiger partial charge is 0.144 e. The quantitative estimate of drug-likeness (QED) is 0.803. The van der Waals surface area contributed by atoms with E-state index in [0.717, 1.165) is 22.2 Å². The summed E-state index contributed by atoms with van der Waals surface area (Å²) in [6, 6.07) is 4.65. The molecule has 1 fully saturated rings. The summed E-state index contributed by atoms with van der Waals surface area (Å²) in [6.07, 6.45) is 8.27. The average Bonchev–Trinajstić information content (AvgIpc) is 3.27. The van der Waals surface area contributed by atoms with Gasteiger partial charge in [-0.2, -0.15) is 0 Å². The molecule has 0 bridgehead atoms. The van der Waals surface area contributed by atoms with E-state index in [4.69, 9.17) is 12.2 Å². The Morgan fingerprint density at radius 1 is 1.40 bits per heavy atom. The van der Waals surface area contributed by atoms with Crippen LogP contribution in [0.1, 0.15) is 25.3 Å². The van der Waals surface area contributed by atoms with Gasteiger partial charge in [-0.05, 0) is 25.0 Å². The summed E-state index contributed by atoms with van der Waals surface area (Å²) in [7, 11) is 0. The van der Waals surface area contributed by atoms with Crippen molar-refractivity contribution in [3.8, 4) is 0 Å². The predicted octanol–water partition coefficient (Wildman–Crippen LogP) is 2.26. The molecule has 0 amide bonds. The lowest BCUT2D eigenvalue weighted by Crippen LogP contribution is -2.50. The highest BCUT2D eigenvalue weighted by Crippen LogP contribution is 2.36. The first kappa shape index (κ1) is 12.0. The molecule has 0 radical (unpaired) electrons. The van der Waals surface area contributed by atoms with E-state index >= 15 is 0 Å². The minimum atomic E-state index is 0.141. The van der Waals surface area contributed by atoms with E-state index in [9.17, 15) is 0 Å². The van der Waals surface area contributed by atoms with Gasteiger partial charge in [0.15, 0.2) is 0 Å². The Morgan fingerprint density at radius 3 is 3.05 bits per heavy atom. The van der Waals surface area contributed by atoms with Gasteiger partial charge in [0.05, 0.1) is 11.6 Å². The minimum absolute atomic E-state index is 0.141. The van der Waals surface area contributed by atoms with Gasteiger partial charge in [0.25, 0.3) is 0 Å². The van der Waals surface area contributed by atoms with E-state index in [1.165, 1.54) is 12.8 Å². The molecule has 1 aliphatic carbocycles. The molecule has 1 N–H and O–H groups in total. The van der Waals surface area contributed by atoms with Gasteiger partial charge in [-0.25, -0.2) is 9.98 Å². The Balaban J connectivity index is 1.90. The Labute approximate surface area is 123 Å². The van der Waals surface area contributed by atoms with Crippen LogP contribution >= 0.6 is 12.2 Å². The molecule has 0 aromatic carbocycles. The number of aliphatic imine (C=N–C) groups is 1. The maximum Gasteiger partial charge on any atom is 0.144 e. The first-order chi connectivity index (χ1) is 9.75. The van der Waals surface area contributed by atoms with E-state index in [1.54, 1.807) is 0 Å². The maximum absolute atomic E-state index is 5.57. The van der Waals surface area contributed by atoms with Crippen molar-refractivity contribution in [2.75, 3.05) is 4.90 Å². The highest BCUT2D eigenvalue weighted by molar-refractivity contribution is 7.80. The summed E-state index contributed by atoms with van der Waals surface area (Å²) in [5.41, 5.74) is 1.01. The third-order valence-corrected chi connectivity index (χ3v) is 4.44. The SMILES string of the molecule is CC1C=CN=C2C1NC(=S)c1cccnc1N2C1CC1. The average molecular weight is 284 g/mol. The third-order valence-electron chi connectivity index (χ3n) is 4.11. The highest BCUT2D eigenvalue weighted by atomic mass is 32.1. The Kier molecular flexibility index (Phi) is 2.63. The zero-order chi connectivity index (χ0) is 13.7. The number of nitrogens with zero attached hydrogens (tertiary/aromatic N) is 3. The molecule has 5 heteroatoms. The van der Waals surface area contributed by atoms with Gasteiger partial charge in [-0.3, -0.25) is 0 Å². The second-order valence-corrected chi connectivity index (χ2v) is 6.02. The summed E-state index contributed by atoms with van der Waals surface area (Å²) in [5.74, 6) is 2.38. The monoisotopic (exact) mass is 284 g/mol. The molecule has 0 spiro atoms. The topological polar surface area (TPSA) is 40.5 Å². The maximum atomic E-state index is 5.57. The molecule has 2 aliphatic heterocycles. The number of rotatable bonds is 1. The van der Waals surface area contributed by atoms with Crippen LogP contribution in [-0.2, 0) is 0 Å². The van der Waals surface area contributed by atoms with Gasteiger partial charge >= 0.3 is 0 Å². The number of aromatic nitrogens is 1. The Hall–Kier alpha value is -1.75. The number of nitrogens with one attached hydrogen (secondary N) is 1. The number of anilines is 1. The van der Waals surface area contributed by atoms with Crippen LogP contribution in [0.4, 0.5) is 5.82 Å². The fourth-order valence-electron chi connectivity index (χ4n) is 2.88. The minimum Gasteiger partial charge on any atom is -0.365 e. The molecule has 4 rings (SSSR count). The normalized spacial score (nSPS) is 28.1. The number of hydrogen-bond acceptors (Lipinski definition) is 4. The van der Waals surface area contributed by atoms with E-state index < -0.39 is 0 Å². The van der Waals surface area contributed by atoms with Crippen LogP contribution in [0.2, 0.25) is 0 Å². The van der Waals surface area contributed by atoms with E-state index in [1.807, 2.05) is 24.5 Å². The molecule has 1 saturated carbocycles. The summed E-state index contributed by atoms with van der Waals surface area (Å²) in [4.78, 5) is 12.3. The first-order valence-corrected chi connectivity index (χ1v) is 7.46. The lowest BCUT2D eigenvalue weighted by molar-refractivity contribution is 0.594. The highest BCUT2D eigenvalue weighted by Gasteiger charge is 2.41. The summed E-state index contributed by atoms with van der Waals surface area (Å²) < 4.78 is 0. The number of fused-ring (bicyclic) bond motifs is 2. The van der Waals surface area contributed by atoms with Crippen LogP contribution in [0.5, 0.6) is 0 Å². The second kappa shape index (κ2) is 4.38. The molecule has 102 valence electrons. The van der Waals surface area contributed by atoms with E-state index in [2.05, 4.69) is 33.2 Å². The summed E-state index contributed by atoms with van der Waals surface area (Å²) in [5, 5.41) is 3.47. The van der Waals surface area contributed by atoms with Gasteiger partial charge in [0.1, 0.15) is 16.6 Å².